The lowest BCUT2D eigenvalue weighted by atomic mass is 10.0. The van der Waals surface area contributed by atoms with Crippen LogP contribution in [-0.4, -0.2) is 47.8 Å². The molecule has 1 N–H and O–H groups in total. The summed E-state index contributed by atoms with van der Waals surface area (Å²) >= 11 is 6.42. The number of nitriles is 1. The molecule has 2 aromatic heterocycles. The van der Waals surface area contributed by atoms with Crippen LogP contribution in [0.2, 0.25) is 5.02 Å². The number of ether oxygens (including phenoxy) is 2. The third kappa shape index (κ3) is 7.82. The Kier molecular flexibility index (Phi) is 4.68. The number of rotatable bonds is 12. The van der Waals surface area contributed by atoms with Gasteiger partial charge < -0.3 is 19.7 Å². The predicted octanol–water partition coefficient (Wildman–Crippen LogP) is 6.41. The summed E-state index contributed by atoms with van der Waals surface area (Å²) < 4.78 is 160. The van der Waals surface area contributed by atoms with E-state index in [-0.39, 0.29) is 17.2 Å². The van der Waals surface area contributed by atoms with Gasteiger partial charge in [0.2, 0.25) is 0 Å². The first-order valence-corrected chi connectivity index (χ1v) is 12.1. The first-order valence-electron chi connectivity index (χ1n) is 20.7. The molecule has 2 aromatic carbocycles. The molecule has 0 unspecified atom stereocenters. The first-order chi connectivity index (χ1) is 27.1. The highest BCUT2D eigenvalue weighted by Gasteiger charge is 2.16. The number of carbonyl (C=O) groups is 1. The van der Waals surface area contributed by atoms with Gasteiger partial charge in [0.05, 0.1) is 51.9 Å². The van der Waals surface area contributed by atoms with Gasteiger partial charge in [0.15, 0.2) is 5.78 Å². The highest BCUT2D eigenvalue weighted by atomic mass is 35.5. The molecule has 0 saturated heterocycles. The van der Waals surface area contributed by atoms with Crippen molar-refractivity contribution in [3.8, 4) is 17.6 Å². The summed E-state index contributed by atoms with van der Waals surface area (Å²) in [6.07, 6.45) is -1.79. The van der Waals surface area contributed by atoms with Gasteiger partial charge in [0.1, 0.15) is 24.1 Å². The number of likely N-dealkylation sites (N-methyl/N-ethyl adjacent to an activating group) is 1. The van der Waals surface area contributed by atoms with E-state index in [1.54, 1.807) is 6.07 Å². The molecular weight excluding hydrogens is 538 g/mol. The van der Waals surface area contributed by atoms with E-state index in [1.807, 2.05) is 0 Å². The SMILES string of the molecule is [2H]/C(C(=O)Cc1c(OCC)c([2H])c2nc([2H])c(C#N)c(Nc3c([2H])c([2H])c(OC([2H])([2H])c4nc(C)c([2H])c([2H])c4[2H])c(Cl)c3[2H])c2c1[2H])=C(/[2H])C([2H])([2H])N(C)C([2H])([2H])[2H]. The molecule has 0 saturated carbocycles. The van der Waals surface area contributed by atoms with Crippen molar-refractivity contribution in [1.82, 2.24) is 14.9 Å². The molecule has 4 rings (SSSR count). The molecule has 0 atom stereocenters. The third-order valence-electron chi connectivity index (χ3n) is 4.90. The zero-order valence-corrected chi connectivity index (χ0v) is 22.6. The number of fused-ring (bicyclic) bond motifs is 1. The smallest absolute Gasteiger partial charge is 0.159 e. The van der Waals surface area contributed by atoms with Gasteiger partial charge in [-0.3, -0.25) is 14.8 Å². The van der Waals surface area contributed by atoms with E-state index in [9.17, 15) is 11.4 Å². The number of hydrogen-bond donors (Lipinski definition) is 1. The van der Waals surface area contributed by atoms with Crippen molar-refractivity contribution >= 4 is 39.7 Å². The molecule has 0 fully saturated rings. The van der Waals surface area contributed by atoms with Crippen molar-refractivity contribution in [2.75, 3.05) is 32.4 Å². The van der Waals surface area contributed by atoms with Crippen LogP contribution in [0.3, 0.4) is 0 Å². The highest BCUT2D eigenvalue weighted by Crippen LogP contribution is 2.36. The molecule has 9 heteroatoms. The van der Waals surface area contributed by atoms with Crippen molar-refractivity contribution in [2.24, 2.45) is 0 Å². The molecule has 0 aliphatic carbocycles. The highest BCUT2D eigenvalue weighted by molar-refractivity contribution is 6.32. The second kappa shape index (κ2) is 13.8. The minimum absolute atomic E-state index is 0.121. The Bertz CT molecular complexity index is 2460. The number of aryl methyl sites for hydroxylation is 1. The van der Waals surface area contributed by atoms with Gasteiger partial charge in [-0.2, -0.15) is 5.26 Å². The van der Waals surface area contributed by atoms with Crippen molar-refractivity contribution in [3.63, 3.8) is 0 Å². The lowest BCUT2D eigenvalue weighted by Gasteiger charge is -2.16. The number of carbonyl (C=O) groups excluding carboxylic acids is 1. The fourth-order valence-electron chi connectivity index (χ4n) is 3.24. The summed E-state index contributed by atoms with van der Waals surface area (Å²) in [5.41, 5.74) is -3.64. The van der Waals surface area contributed by atoms with Gasteiger partial charge in [-0.1, -0.05) is 23.7 Å². The number of anilines is 2. The van der Waals surface area contributed by atoms with E-state index in [1.165, 1.54) is 13.8 Å². The van der Waals surface area contributed by atoms with Gasteiger partial charge in [-0.15, -0.1) is 0 Å². The maximum atomic E-state index is 13.5. The lowest BCUT2D eigenvalue weighted by Crippen LogP contribution is -2.11. The number of halogens is 1. The van der Waals surface area contributed by atoms with Crippen molar-refractivity contribution in [1.29, 1.82) is 5.26 Å². The van der Waals surface area contributed by atoms with Crippen molar-refractivity contribution in [2.45, 2.75) is 26.8 Å². The van der Waals surface area contributed by atoms with E-state index in [2.05, 4.69) is 15.3 Å². The van der Waals surface area contributed by atoms with Crippen LogP contribution in [0, 0.1) is 18.3 Å². The number of benzene rings is 2. The standard InChI is InChI=1S/C32H32ClN5O3/c1-5-40-31-17-29-27(15-22(31)14-26(39)10-7-13-38(3)4)32(23(18-34)19-35-29)37-24-11-12-30(28(33)16-24)41-20-25-9-6-8-21(2)36-25/h6-12,15-17,19H,5,13-14,20H2,1-4H3,(H,35,37)/b10-7+/i3D3,6D,7D,8D,9D,10D,11D,12D,13D2,15D,16D,17D,19D,20D2. The van der Waals surface area contributed by atoms with Gasteiger partial charge in [-0.25, -0.2) is 0 Å². The Hall–Kier alpha value is -4.45. The number of nitrogens with one attached hydrogen (secondary N) is 1. The summed E-state index contributed by atoms with van der Waals surface area (Å²) in [7, 11) is 0.819. The molecule has 4 aromatic rings. The fraction of sp³-hybridized carbons (Fsp3) is 0.250. The van der Waals surface area contributed by atoms with Crippen LogP contribution in [0.4, 0.5) is 11.4 Å². The summed E-state index contributed by atoms with van der Waals surface area (Å²) in [6, 6.07) is -6.90. The van der Waals surface area contributed by atoms with E-state index in [4.69, 9.17) is 44.4 Å². The minimum Gasteiger partial charge on any atom is -0.494 e. The molecule has 0 aliphatic heterocycles. The second-order valence-corrected chi connectivity index (χ2v) is 8.34. The van der Waals surface area contributed by atoms with Gasteiger partial charge in [0, 0.05) is 54.3 Å². The van der Waals surface area contributed by atoms with Crippen LogP contribution in [0.15, 0.2) is 66.6 Å². The summed E-state index contributed by atoms with van der Waals surface area (Å²) in [5, 5.41) is 11.4. The van der Waals surface area contributed by atoms with Gasteiger partial charge >= 0.3 is 0 Å². The van der Waals surface area contributed by atoms with E-state index in [0.29, 0.717) is 0 Å². The van der Waals surface area contributed by atoms with Crippen LogP contribution in [0.25, 0.3) is 10.9 Å². The monoisotopic (exact) mass is 587 g/mol. The molecule has 2 heterocycles. The largest absolute Gasteiger partial charge is 0.494 e. The van der Waals surface area contributed by atoms with Crippen molar-refractivity contribution < 1.29 is 38.9 Å². The number of allylic oxidation sites excluding steroid dienone is 1. The molecule has 0 spiro atoms. The Morgan fingerprint density at radius 1 is 1.29 bits per heavy atom. The molecule has 0 aliphatic rings. The Labute approximate surface area is 270 Å². The number of pyridine rings is 2. The molecule has 0 amide bonds. The molecule has 8 nitrogen and oxygen atoms in total. The summed E-state index contributed by atoms with van der Waals surface area (Å²) in [4.78, 5) is 21.5. The van der Waals surface area contributed by atoms with Gasteiger partial charge in [-0.05, 0) is 70.2 Å². The van der Waals surface area contributed by atoms with Crippen molar-refractivity contribution in [3.05, 3.63) is 94.2 Å². The number of hydrogen-bond acceptors (Lipinski definition) is 8. The number of ketones is 1. The quantitative estimate of drug-likeness (QED) is 0.190. The maximum Gasteiger partial charge on any atom is 0.159 e. The van der Waals surface area contributed by atoms with E-state index in [0.717, 1.165) is 7.05 Å². The Morgan fingerprint density at radius 3 is 2.93 bits per heavy atom. The molecule has 210 valence electrons. The predicted molar refractivity (Wildman–Crippen MR) is 162 cm³/mol. The molecule has 41 heavy (non-hydrogen) atoms. The fourth-order valence-corrected chi connectivity index (χ4v) is 3.42. The number of nitrogens with zero attached hydrogens (tertiary/aromatic N) is 4. The van der Waals surface area contributed by atoms with Crippen LogP contribution in [0.5, 0.6) is 11.5 Å². The average Bonchev–Trinajstić information content (AvgIpc) is 3.16. The first kappa shape index (κ1) is 13.9. The Morgan fingerprint density at radius 2 is 2.15 bits per heavy atom. The lowest BCUT2D eigenvalue weighted by molar-refractivity contribution is -0.114. The second-order valence-electron chi connectivity index (χ2n) is 7.96. The van der Waals surface area contributed by atoms with Gasteiger partial charge in [0.25, 0.3) is 0 Å². The average molecular weight is 588 g/mol. The van der Waals surface area contributed by atoms with Crippen LogP contribution in [-0.2, 0) is 17.8 Å². The van der Waals surface area contributed by atoms with E-state index < -0.39 is 154 Å². The van der Waals surface area contributed by atoms with Crippen LogP contribution >= 0.6 is 11.6 Å². The molecular formula is C32H32ClN5O3. The van der Waals surface area contributed by atoms with E-state index >= 15 is 0 Å². The van der Waals surface area contributed by atoms with Crippen LogP contribution < -0.4 is 14.8 Å². The van der Waals surface area contributed by atoms with Crippen LogP contribution in [0.1, 0.15) is 54.1 Å². The topological polar surface area (TPSA) is 100 Å². The zero-order valence-electron chi connectivity index (χ0n) is 39.8. The normalized spacial score (nSPS) is 18.9. The zero-order chi connectivity index (χ0) is 45.0. The summed E-state index contributed by atoms with van der Waals surface area (Å²) in [6.45, 7) is -6.71. The molecule has 0 bridgehead atoms. The number of aromatic nitrogens is 2. The molecule has 0 radical (unpaired) electrons. The maximum absolute atomic E-state index is 13.5. The third-order valence-corrected chi connectivity index (χ3v) is 5.17. The summed E-state index contributed by atoms with van der Waals surface area (Å²) in [5.74, 6) is -2.64. The minimum atomic E-state index is -3.15. The Balaban J connectivity index is 1.95.